The second-order valence-corrected chi connectivity index (χ2v) is 6.10. The SMILES string of the molecule is CCC(NC(CO)c1cccc(OC)c1)c1ccc2c(c1)CCO2. The zero-order valence-corrected chi connectivity index (χ0v) is 14.3. The lowest BCUT2D eigenvalue weighted by Gasteiger charge is -2.25. The fourth-order valence-corrected chi connectivity index (χ4v) is 3.23. The molecule has 0 aromatic heterocycles. The maximum atomic E-state index is 9.87. The van der Waals surface area contributed by atoms with Crippen LogP contribution in [0.25, 0.3) is 0 Å². The van der Waals surface area contributed by atoms with Crippen LogP contribution in [0, 0.1) is 0 Å². The molecule has 1 aliphatic rings. The van der Waals surface area contributed by atoms with Gasteiger partial charge in [0.05, 0.1) is 26.4 Å². The minimum Gasteiger partial charge on any atom is -0.497 e. The van der Waals surface area contributed by atoms with E-state index in [4.69, 9.17) is 9.47 Å². The summed E-state index contributed by atoms with van der Waals surface area (Å²) in [4.78, 5) is 0. The first-order valence-corrected chi connectivity index (χ1v) is 8.51. The topological polar surface area (TPSA) is 50.7 Å². The van der Waals surface area contributed by atoms with Gasteiger partial charge < -0.3 is 19.9 Å². The van der Waals surface area contributed by atoms with Gasteiger partial charge in [0.2, 0.25) is 0 Å². The molecule has 2 N–H and O–H groups in total. The van der Waals surface area contributed by atoms with Crippen LogP contribution in [0.1, 0.15) is 42.1 Å². The third-order valence-electron chi connectivity index (χ3n) is 4.61. The first-order chi connectivity index (χ1) is 11.7. The van der Waals surface area contributed by atoms with Gasteiger partial charge >= 0.3 is 0 Å². The molecule has 0 amide bonds. The van der Waals surface area contributed by atoms with Gasteiger partial charge in [-0.3, -0.25) is 0 Å². The Kier molecular flexibility index (Phi) is 5.38. The minimum atomic E-state index is -0.130. The lowest BCUT2D eigenvalue weighted by atomic mass is 9.98. The van der Waals surface area contributed by atoms with E-state index in [1.54, 1.807) is 7.11 Å². The molecule has 0 saturated carbocycles. The van der Waals surface area contributed by atoms with Crippen molar-refractivity contribution in [2.24, 2.45) is 0 Å². The first kappa shape index (κ1) is 16.8. The molecule has 3 rings (SSSR count). The Bertz CT molecular complexity index is 686. The van der Waals surface area contributed by atoms with Crippen LogP contribution in [0.5, 0.6) is 11.5 Å². The molecule has 2 aromatic rings. The first-order valence-electron chi connectivity index (χ1n) is 8.51. The number of hydrogen-bond acceptors (Lipinski definition) is 4. The molecule has 128 valence electrons. The molecule has 2 aromatic carbocycles. The van der Waals surface area contributed by atoms with Crippen LogP contribution >= 0.6 is 0 Å². The van der Waals surface area contributed by atoms with Crippen LogP contribution in [-0.4, -0.2) is 25.4 Å². The molecule has 4 heteroatoms. The summed E-state index contributed by atoms with van der Waals surface area (Å²) in [5.41, 5.74) is 3.54. The lowest BCUT2D eigenvalue weighted by molar-refractivity contribution is 0.231. The van der Waals surface area contributed by atoms with Gasteiger partial charge in [-0.15, -0.1) is 0 Å². The third-order valence-corrected chi connectivity index (χ3v) is 4.61. The number of ether oxygens (including phenoxy) is 2. The normalized spacial score (nSPS) is 15.5. The summed E-state index contributed by atoms with van der Waals surface area (Å²) in [6.45, 7) is 2.96. The molecule has 0 bridgehead atoms. The molecule has 2 unspecified atom stereocenters. The van der Waals surface area contributed by atoms with Crippen molar-refractivity contribution in [2.45, 2.75) is 31.8 Å². The molecular formula is C20H25NO3. The summed E-state index contributed by atoms with van der Waals surface area (Å²) in [5.74, 6) is 1.80. The number of rotatable bonds is 7. The monoisotopic (exact) mass is 327 g/mol. The van der Waals surface area contributed by atoms with E-state index in [0.29, 0.717) is 0 Å². The van der Waals surface area contributed by atoms with Crippen molar-refractivity contribution in [3.8, 4) is 11.5 Å². The highest BCUT2D eigenvalue weighted by molar-refractivity contribution is 5.41. The predicted molar refractivity (Wildman–Crippen MR) is 94.6 cm³/mol. The van der Waals surface area contributed by atoms with Gasteiger partial charge in [0, 0.05) is 12.5 Å². The van der Waals surface area contributed by atoms with Gasteiger partial charge in [-0.1, -0.05) is 31.2 Å². The van der Waals surface area contributed by atoms with E-state index >= 15 is 0 Å². The Balaban J connectivity index is 1.80. The molecule has 0 saturated heterocycles. The summed E-state index contributed by atoms with van der Waals surface area (Å²) in [5, 5.41) is 13.4. The Morgan fingerprint density at radius 2 is 2.00 bits per heavy atom. The third kappa shape index (κ3) is 3.55. The quantitative estimate of drug-likeness (QED) is 0.818. The number of fused-ring (bicyclic) bond motifs is 1. The fraction of sp³-hybridized carbons (Fsp3) is 0.400. The van der Waals surface area contributed by atoms with E-state index in [-0.39, 0.29) is 18.7 Å². The average molecular weight is 327 g/mol. The Morgan fingerprint density at radius 3 is 2.75 bits per heavy atom. The fourth-order valence-electron chi connectivity index (χ4n) is 3.23. The zero-order chi connectivity index (χ0) is 16.9. The van der Waals surface area contributed by atoms with Crippen molar-refractivity contribution in [3.05, 3.63) is 59.2 Å². The van der Waals surface area contributed by atoms with Crippen molar-refractivity contribution in [1.29, 1.82) is 0 Å². The van der Waals surface area contributed by atoms with Gasteiger partial charge in [0.25, 0.3) is 0 Å². The van der Waals surface area contributed by atoms with E-state index in [2.05, 4.69) is 30.4 Å². The standard InChI is InChI=1S/C20H25NO3/c1-3-18(15-7-8-20-16(11-15)9-10-24-20)21-19(13-22)14-5-4-6-17(12-14)23-2/h4-8,11-12,18-19,21-22H,3,9-10,13H2,1-2H3. The number of aliphatic hydroxyl groups is 1. The van der Waals surface area contributed by atoms with Gasteiger partial charge in [0.1, 0.15) is 11.5 Å². The molecule has 4 nitrogen and oxygen atoms in total. The van der Waals surface area contributed by atoms with Crippen molar-refractivity contribution >= 4 is 0 Å². The van der Waals surface area contributed by atoms with E-state index < -0.39 is 0 Å². The summed E-state index contributed by atoms with van der Waals surface area (Å²) >= 11 is 0. The van der Waals surface area contributed by atoms with E-state index in [1.165, 1.54) is 11.1 Å². The number of nitrogens with one attached hydrogen (secondary N) is 1. The van der Waals surface area contributed by atoms with Crippen LogP contribution in [0.15, 0.2) is 42.5 Å². The maximum absolute atomic E-state index is 9.87. The molecule has 24 heavy (non-hydrogen) atoms. The van der Waals surface area contributed by atoms with Gasteiger partial charge in [-0.25, -0.2) is 0 Å². The van der Waals surface area contributed by atoms with E-state index in [0.717, 1.165) is 36.5 Å². The summed E-state index contributed by atoms with van der Waals surface area (Å²) < 4.78 is 10.9. The predicted octanol–water partition coefficient (Wildman–Crippen LogP) is 3.40. The summed E-state index contributed by atoms with van der Waals surface area (Å²) in [6.07, 6.45) is 1.92. The highest BCUT2D eigenvalue weighted by Gasteiger charge is 2.20. The maximum Gasteiger partial charge on any atom is 0.122 e. The highest BCUT2D eigenvalue weighted by atomic mass is 16.5. The highest BCUT2D eigenvalue weighted by Crippen LogP contribution is 2.30. The van der Waals surface area contributed by atoms with E-state index in [9.17, 15) is 5.11 Å². The number of methoxy groups -OCH3 is 1. The summed E-state index contributed by atoms with van der Waals surface area (Å²) in [7, 11) is 1.65. The largest absolute Gasteiger partial charge is 0.497 e. The molecule has 0 spiro atoms. The van der Waals surface area contributed by atoms with Crippen molar-refractivity contribution in [2.75, 3.05) is 20.3 Å². The van der Waals surface area contributed by atoms with Crippen LogP contribution in [0.4, 0.5) is 0 Å². The van der Waals surface area contributed by atoms with Crippen LogP contribution < -0.4 is 14.8 Å². The molecule has 1 aliphatic heterocycles. The second kappa shape index (κ2) is 7.69. The molecule has 0 aliphatic carbocycles. The van der Waals surface area contributed by atoms with Crippen molar-refractivity contribution in [3.63, 3.8) is 0 Å². The zero-order valence-electron chi connectivity index (χ0n) is 14.3. The summed E-state index contributed by atoms with van der Waals surface area (Å²) in [6, 6.07) is 14.3. The average Bonchev–Trinajstić information content (AvgIpc) is 3.10. The minimum absolute atomic E-state index is 0.0394. The smallest absolute Gasteiger partial charge is 0.122 e. The Labute approximate surface area is 143 Å². The molecule has 1 heterocycles. The molecular weight excluding hydrogens is 302 g/mol. The van der Waals surface area contributed by atoms with Crippen LogP contribution in [0.3, 0.4) is 0 Å². The molecule has 2 atom stereocenters. The second-order valence-electron chi connectivity index (χ2n) is 6.10. The Morgan fingerprint density at radius 1 is 1.17 bits per heavy atom. The van der Waals surface area contributed by atoms with E-state index in [1.807, 2.05) is 24.3 Å². The molecule has 0 fully saturated rings. The van der Waals surface area contributed by atoms with Crippen LogP contribution in [0.2, 0.25) is 0 Å². The van der Waals surface area contributed by atoms with Gasteiger partial charge in [-0.05, 0) is 41.3 Å². The van der Waals surface area contributed by atoms with Crippen molar-refractivity contribution < 1.29 is 14.6 Å². The number of aliphatic hydroxyl groups excluding tert-OH is 1. The van der Waals surface area contributed by atoms with Gasteiger partial charge in [-0.2, -0.15) is 0 Å². The molecule has 0 radical (unpaired) electrons. The van der Waals surface area contributed by atoms with Crippen LogP contribution in [-0.2, 0) is 6.42 Å². The Hall–Kier alpha value is -2.04. The lowest BCUT2D eigenvalue weighted by Crippen LogP contribution is -2.28. The number of benzene rings is 2. The van der Waals surface area contributed by atoms with Gasteiger partial charge in [0.15, 0.2) is 0 Å². The van der Waals surface area contributed by atoms with Crippen molar-refractivity contribution in [1.82, 2.24) is 5.32 Å². The number of hydrogen-bond donors (Lipinski definition) is 2.